The fraction of sp³-hybridized carbons (Fsp3) is 0.280. The molecule has 4 rings (SSSR count). The first-order chi connectivity index (χ1) is 13.7. The zero-order chi connectivity index (χ0) is 19.5. The van der Waals surface area contributed by atoms with Gasteiger partial charge in [0.15, 0.2) is 11.3 Å². The van der Waals surface area contributed by atoms with Crippen LogP contribution in [0.5, 0.6) is 0 Å². The number of rotatable bonds is 6. The molecule has 29 heavy (non-hydrogen) atoms. The van der Waals surface area contributed by atoms with E-state index in [1.165, 1.54) is 28.1 Å². The van der Waals surface area contributed by atoms with E-state index in [-0.39, 0.29) is 18.3 Å². The molecule has 2 aromatic carbocycles. The van der Waals surface area contributed by atoms with Crippen LogP contribution in [0.2, 0.25) is 0 Å². The summed E-state index contributed by atoms with van der Waals surface area (Å²) in [5.74, 6) is 0.976. The van der Waals surface area contributed by atoms with Crippen LogP contribution in [0.3, 0.4) is 0 Å². The van der Waals surface area contributed by atoms with Gasteiger partial charge in [-0.1, -0.05) is 48.5 Å². The number of nitrogens with zero attached hydrogens (tertiary/aromatic N) is 2. The van der Waals surface area contributed by atoms with Crippen LogP contribution in [0, 0.1) is 6.08 Å². The van der Waals surface area contributed by atoms with Crippen LogP contribution in [-0.2, 0) is 4.74 Å². The zero-order valence-electron chi connectivity index (χ0n) is 17.2. The van der Waals surface area contributed by atoms with E-state index in [0.717, 1.165) is 18.8 Å². The highest BCUT2D eigenvalue weighted by atomic mass is 35.5. The normalized spacial score (nSPS) is 17.2. The molecule has 1 unspecified atom stereocenters. The summed E-state index contributed by atoms with van der Waals surface area (Å²) in [4.78, 5) is 4.50. The third kappa shape index (κ3) is 4.23. The van der Waals surface area contributed by atoms with Crippen molar-refractivity contribution in [1.82, 2.24) is 4.90 Å². The lowest BCUT2D eigenvalue weighted by Crippen LogP contribution is -3.00. The summed E-state index contributed by atoms with van der Waals surface area (Å²) in [5.41, 5.74) is 6.29. The van der Waals surface area contributed by atoms with Crippen molar-refractivity contribution in [2.24, 2.45) is 0 Å². The van der Waals surface area contributed by atoms with E-state index in [1.807, 2.05) is 6.08 Å². The van der Waals surface area contributed by atoms with Crippen LogP contribution in [0.25, 0.3) is 0 Å². The van der Waals surface area contributed by atoms with Gasteiger partial charge < -0.3 is 22.0 Å². The van der Waals surface area contributed by atoms with Crippen LogP contribution >= 0.6 is 0 Å². The number of likely N-dealkylation sites (N-methyl/N-ethyl adjacent to an activating group) is 2. The van der Waals surface area contributed by atoms with Gasteiger partial charge in [-0.05, 0) is 38.2 Å². The molecule has 0 fully saturated rings. The van der Waals surface area contributed by atoms with Gasteiger partial charge in [-0.2, -0.15) is 0 Å². The number of halogens is 1. The minimum Gasteiger partial charge on any atom is -1.00 e. The Balaban J connectivity index is 0.00000240. The Morgan fingerprint density at radius 2 is 1.72 bits per heavy atom. The molecule has 0 N–H and O–H groups in total. The smallest absolute Gasteiger partial charge is 0.289 e. The van der Waals surface area contributed by atoms with E-state index in [9.17, 15) is 0 Å². The number of ether oxygens (including phenoxy) is 1. The van der Waals surface area contributed by atoms with E-state index in [1.54, 1.807) is 0 Å². The van der Waals surface area contributed by atoms with Crippen molar-refractivity contribution in [3.8, 4) is 0 Å². The van der Waals surface area contributed by atoms with Crippen LogP contribution in [0.4, 0.5) is 5.69 Å². The van der Waals surface area contributed by atoms with E-state index < -0.39 is 0 Å². The van der Waals surface area contributed by atoms with Crippen molar-refractivity contribution in [3.63, 3.8) is 0 Å². The molecular formula is C25H27ClN2O. The summed E-state index contributed by atoms with van der Waals surface area (Å²) in [6.07, 6.45) is 7.85. The molecule has 0 aromatic heterocycles. The topological polar surface area (TPSA) is 15.7 Å². The average molecular weight is 407 g/mol. The minimum atomic E-state index is 0. The molecule has 0 saturated heterocycles. The second-order valence-electron chi connectivity index (χ2n) is 7.42. The number of allylic oxidation sites excluding steroid dienone is 4. The van der Waals surface area contributed by atoms with Gasteiger partial charge in [-0.25, -0.2) is 0 Å². The van der Waals surface area contributed by atoms with Crippen molar-refractivity contribution in [2.75, 3.05) is 38.7 Å². The Labute approximate surface area is 180 Å². The molecule has 2 aliphatic rings. The Hall–Kier alpha value is -2.58. The molecule has 0 bridgehead atoms. The van der Waals surface area contributed by atoms with Crippen LogP contribution in [0.1, 0.15) is 24.0 Å². The summed E-state index contributed by atoms with van der Waals surface area (Å²) in [7, 11) is 4.11. The molecule has 0 saturated carbocycles. The lowest BCUT2D eigenvalue weighted by atomic mass is 9.78. The average Bonchev–Trinajstić information content (AvgIpc) is 2.72. The Morgan fingerprint density at radius 3 is 2.45 bits per heavy atom. The predicted octanol–water partition coefficient (Wildman–Crippen LogP) is 1.75. The molecule has 0 amide bonds. The van der Waals surface area contributed by atoms with Crippen LogP contribution in [0.15, 0.2) is 83.8 Å². The van der Waals surface area contributed by atoms with Gasteiger partial charge in [0.05, 0.1) is 29.8 Å². The number of anilines is 1. The van der Waals surface area contributed by atoms with Crippen molar-refractivity contribution in [1.29, 1.82) is 0 Å². The van der Waals surface area contributed by atoms with Gasteiger partial charge in [-0.3, -0.25) is 4.90 Å². The number of fused-ring (bicyclic) bond motifs is 1. The number of benzene rings is 2. The number of hydrogen-bond acceptors (Lipinski definition) is 3. The second-order valence-corrected chi connectivity index (χ2v) is 7.42. The largest absolute Gasteiger partial charge is 1.00 e. The maximum Gasteiger partial charge on any atom is 0.289 e. The summed E-state index contributed by atoms with van der Waals surface area (Å²) in [5, 5.41) is 0. The Kier molecular flexibility index (Phi) is 6.76. The van der Waals surface area contributed by atoms with Crippen LogP contribution < -0.4 is 17.3 Å². The molecule has 0 radical (unpaired) electrons. The second kappa shape index (κ2) is 9.28. The first-order valence-electron chi connectivity index (χ1n) is 9.94. The molecule has 3 nitrogen and oxygen atoms in total. The van der Waals surface area contributed by atoms with Crippen LogP contribution in [-0.4, -0.2) is 38.7 Å². The van der Waals surface area contributed by atoms with Gasteiger partial charge in [0.1, 0.15) is 6.61 Å². The highest BCUT2D eigenvalue weighted by Crippen LogP contribution is 2.46. The van der Waals surface area contributed by atoms with E-state index in [2.05, 4.69) is 97.6 Å². The van der Waals surface area contributed by atoms with Gasteiger partial charge in [0.25, 0.3) is 5.76 Å². The van der Waals surface area contributed by atoms with Crippen molar-refractivity contribution in [3.05, 3.63) is 101 Å². The highest BCUT2D eigenvalue weighted by molar-refractivity contribution is 5.71. The van der Waals surface area contributed by atoms with E-state index in [4.69, 9.17) is 4.74 Å². The fourth-order valence-electron chi connectivity index (χ4n) is 3.96. The van der Waals surface area contributed by atoms with Crippen molar-refractivity contribution >= 4 is 5.69 Å². The molecule has 4 heteroatoms. The van der Waals surface area contributed by atoms with E-state index >= 15 is 0 Å². The molecule has 0 spiro atoms. The van der Waals surface area contributed by atoms with Crippen molar-refractivity contribution < 1.29 is 17.1 Å². The summed E-state index contributed by atoms with van der Waals surface area (Å²) < 4.78 is 6.01. The van der Waals surface area contributed by atoms with Gasteiger partial charge in [0.2, 0.25) is 0 Å². The Bertz CT molecular complexity index is 931. The van der Waals surface area contributed by atoms with Gasteiger partial charge in [0, 0.05) is 13.1 Å². The predicted molar refractivity (Wildman–Crippen MR) is 115 cm³/mol. The summed E-state index contributed by atoms with van der Waals surface area (Å²) >= 11 is 0. The number of para-hydroxylation sites is 1. The monoisotopic (exact) mass is 406 g/mol. The third-order valence-corrected chi connectivity index (χ3v) is 5.29. The van der Waals surface area contributed by atoms with Crippen molar-refractivity contribution in [2.45, 2.75) is 12.8 Å². The lowest BCUT2D eigenvalue weighted by Gasteiger charge is -2.33. The maximum absolute atomic E-state index is 6.01. The zero-order valence-corrected chi connectivity index (χ0v) is 18.0. The molecule has 1 atom stereocenters. The molecule has 2 aromatic rings. The lowest BCUT2D eigenvalue weighted by molar-refractivity contribution is -0.00000647. The molecular weight excluding hydrogens is 380 g/mol. The minimum absolute atomic E-state index is 0. The van der Waals surface area contributed by atoms with Gasteiger partial charge in [-0.15, -0.1) is 0 Å². The molecule has 150 valence electrons. The first-order valence-corrected chi connectivity index (χ1v) is 9.94. The highest BCUT2D eigenvalue weighted by Gasteiger charge is 2.39. The van der Waals surface area contributed by atoms with E-state index in [0.29, 0.717) is 6.61 Å². The molecule has 1 heterocycles. The number of hydrogen-bond donors (Lipinski definition) is 0. The third-order valence-electron chi connectivity index (χ3n) is 5.29. The Morgan fingerprint density at radius 1 is 1.00 bits per heavy atom. The van der Waals surface area contributed by atoms with Gasteiger partial charge >= 0.3 is 0 Å². The first kappa shape index (κ1) is 21.1. The molecule has 1 aliphatic carbocycles. The fourth-order valence-corrected chi connectivity index (χ4v) is 3.96. The SMILES string of the molecule is CCN1C2=C([C+]=C(OCCN(C)C)C=C2)C(c2ccccc2)c2ccccc21.[Cl-]. The summed E-state index contributed by atoms with van der Waals surface area (Å²) in [6, 6.07) is 19.4. The quantitative estimate of drug-likeness (QED) is 0.680. The molecule has 1 aliphatic heterocycles. The maximum atomic E-state index is 6.01. The standard InChI is InChI=1S/C25H27N2O.ClH/c1-4-27-23-13-9-8-12-21(23)25(19-10-6-5-7-11-19)22-18-20(14-15-24(22)27)28-17-16-26(2)3;/h5-15,25H,4,16-17H2,1-3H3;1H/q+1;/p-1. The summed E-state index contributed by atoms with van der Waals surface area (Å²) in [6.45, 7) is 4.66.